The van der Waals surface area contributed by atoms with Crippen LogP contribution in [0.2, 0.25) is 0 Å². The van der Waals surface area contributed by atoms with E-state index in [1.807, 2.05) is 4.90 Å². The van der Waals surface area contributed by atoms with Gasteiger partial charge in [0, 0.05) is 25.2 Å². The Balaban J connectivity index is 2.15. The fourth-order valence-corrected chi connectivity index (χ4v) is 2.19. The standard InChI is InChI=1S/C13H16N2O3/c1-18-13-3-2-9(5-14)4-10(13)6-15-7-11(16)12(17)8-15/h2-4,11-12,16-17H,6-8H2,1H3/t11-,12+. The highest BCUT2D eigenvalue weighted by Crippen LogP contribution is 2.23. The summed E-state index contributed by atoms with van der Waals surface area (Å²) in [6.07, 6.45) is -1.40. The zero-order valence-corrected chi connectivity index (χ0v) is 10.2. The smallest absolute Gasteiger partial charge is 0.123 e. The number of β-amino-alcohol motifs (C(OH)–C–C–N with tert-alkyl or cyclic N) is 2. The molecule has 18 heavy (non-hydrogen) atoms. The minimum absolute atomic E-state index is 0.432. The van der Waals surface area contributed by atoms with Crippen molar-refractivity contribution in [3.05, 3.63) is 29.3 Å². The summed E-state index contributed by atoms with van der Waals surface area (Å²) in [4.78, 5) is 1.94. The molecule has 5 nitrogen and oxygen atoms in total. The average molecular weight is 248 g/mol. The Morgan fingerprint density at radius 3 is 2.61 bits per heavy atom. The lowest BCUT2D eigenvalue weighted by Crippen LogP contribution is -2.22. The van der Waals surface area contributed by atoms with Crippen LogP contribution in [0.3, 0.4) is 0 Å². The third-order valence-corrected chi connectivity index (χ3v) is 3.14. The molecular weight excluding hydrogens is 232 g/mol. The predicted octanol–water partition coefficient (Wildman–Crippen LogP) is 0.104. The van der Waals surface area contributed by atoms with E-state index >= 15 is 0 Å². The van der Waals surface area contributed by atoms with Crippen LogP contribution in [-0.4, -0.2) is 47.5 Å². The van der Waals surface area contributed by atoms with Gasteiger partial charge in [-0.3, -0.25) is 4.90 Å². The second kappa shape index (κ2) is 5.36. The Bertz CT molecular complexity index is 460. The molecule has 0 aliphatic carbocycles. The Kier molecular flexibility index (Phi) is 3.82. The van der Waals surface area contributed by atoms with Crippen molar-refractivity contribution in [3.8, 4) is 11.8 Å². The molecule has 2 rings (SSSR count). The van der Waals surface area contributed by atoms with Crippen molar-refractivity contribution in [2.45, 2.75) is 18.8 Å². The zero-order valence-electron chi connectivity index (χ0n) is 10.2. The SMILES string of the molecule is COc1ccc(C#N)cc1CN1C[C@@H](O)[C@@H](O)C1. The number of hydrogen-bond donors (Lipinski definition) is 2. The van der Waals surface area contributed by atoms with Crippen molar-refractivity contribution in [2.24, 2.45) is 0 Å². The van der Waals surface area contributed by atoms with E-state index in [9.17, 15) is 10.2 Å². The Labute approximate surface area is 106 Å². The topological polar surface area (TPSA) is 76.7 Å². The van der Waals surface area contributed by atoms with Crippen molar-refractivity contribution in [2.75, 3.05) is 20.2 Å². The van der Waals surface area contributed by atoms with Gasteiger partial charge in [0.15, 0.2) is 0 Å². The quantitative estimate of drug-likeness (QED) is 0.793. The summed E-state index contributed by atoms with van der Waals surface area (Å²) in [5, 5.41) is 27.9. The zero-order chi connectivity index (χ0) is 13.1. The van der Waals surface area contributed by atoms with Crippen molar-refractivity contribution in [1.82, 2.24) is 4.90 Å². The van der Waals surface area contributed by atoms with Gasteiger partial charge in [0.2, 0.25) is 0 Å². The summed E-state index contributed by atoms with van der Waals surface area (Å²) in [6, 6.07) is 7.33. The number of benzene rings is 1. The highest BCUT2D eigenvalue weighted by atomic mass is 16.5. The third kappa shape index (κ3) is 2.62. The molecule has 0 saturated carbocycles. The molecule has 0 unspecified atom stereocenters. The van der Waals surface area contributed by atoms with Crippen LogP contribution < -0.4 is 4.74 Å². The summed E-state index contributed by atoms with van der Waals surface area (Å²) in [6.45, 7) is 1.41. The number of rotatable bonds is 3. The highest BCUT2D eigenvalue weighted by Gasteiger charge is 2.29. The molecule has 1 heterocycles. The number of nitrogens with zero attached hydrogens (tertiary/aromatic N) is 2. The first-order valence-electron chi connectivity index (χ1n) is 5.79. The molecule has 1 fully saturated rings. The molecule has 2 N–H and O–H groups in total. The largest absolute Gasteiger partial charge is 0.496 e. The number of methoxy groups -OCH3 is 1. The van der Waals surface area contributed by atoms with E-state index in [1.165, 1.54) is 0 Å². The number of nitriles is 1. The molecule has 96 valence electrons. The first-order valence-corrected chi connectivity index (χ1v) is 5.79. The molecule has 1 aliphatic heterocycles. The fourth-order valence-electron chi connectivity index (χ4n) is 2.19. The Hall–Kier alpha value is -1.61. The van der Waals surface area contributed by atoms with Gasteiger partial charge < -0.3 is 14.9 Å². The molecule has 5 heteroatoms. The van der Waals surface area contributed by atoms with Crippen molar-refractivity contribution in [1.29, 1.82) is 5.26 Å². The van der Waals surface area contributed by atoms with E-state index in [0.717, 1.165) is 5.56 Å². The molecule has 2 atom stereocenters. The van der Waals surface area contributed by atoms with Crippen molar-refractivity contribution in [3.63, 3.8) is 0 Å². The summed E-state index contributed by atoms with van der Waals surface area (Å²) in [5.41, 5.74) is 1.46. The van der Waals surface area contributed by atoms with Gasteiger partial charge in [0.1, 0.15) is 5.75 Å². The van der Waals surface area contributed by atoms with Crippen LogP contribution in [0.1, 0.15) is 11.1 Å². The van der Waals surface area contributed by atoms with Crippen LogP contribution in [0.4, 0.5) is 0 Å². The van der Waals surface area contributed by atoms with E-state index in [-0.39, 0.29) is 0 Å². The molecule has 1 aromatic rings. The van der Waals surface area contributed by atoms with Gasteiger partial charge in [-0.05, 0) is 18.2 Å². The molecule has 1 saturated heterocycles. The van der Waals surface area contributed by atoms with Gasteiger partial charge in [0.05, 0.1) is 31.0 Å². The lowest BCUT2D eigenvalue weighted by molar-refractivity contribution is 0.0572. The molecule has 1 aliphatic rings. The lowest BCUT2D eigenvalue weighted by Gasteiger charge is -2.17. The highest BCUT2D eigenvalue weighted by molar-refractivity contribution is 5.42. The number of likely N-dealkylation sites (tertiary alicyclic amines) is 1. The molecule has 0 aromatic heterocycles. The number of aliphatic hydroxyl groups is 2. The van der Waals surface area contributed by atoms with Crippen LogP contribution in [-0.2, 0) is 6.54 Å². The maximum Gasteiger partial charge on any atom is 0.123 e. The Morgan fingerprint density at radius 2 is 2.06 bits per heavy atom. The maximum absolute atomic E-state index is 9.50. The van der Waals surface area contributed by atoms with Crippen LogP contribution in [0, 0.1) is 11.3 Å². The second-order valence-corrected chi connectivity index (χ2v) is 4.47. The molecule has 1 aromatic carbocycles. The molecule has 0 bridgehead atoms. The second-order valence-electron chi connectivity index (χ2n) is 4.47. The maximum atomic E-state index is 9.50. The Morgan fingerprint density at radius 1 is 1.39 bits per heavy atom. The van der Waals surface area contributed by atoms with Gasteiger partial charge in [-0.25, -0.2) is 0 Å². The summed E-state index contributed by atoms with van der Waals surface area (Å²) in [5.74, 6) is 0.713. The minimum atomic E-state index is -0.699. The third-order valence-electron chi connectivity index (χ3n) is 3.14. The van der Waals surface area contributed by atoms with Gasteiger partial charge in [-0.15, -0.1) is 0 Å². The summed E-state index contributed by atoms with van der Waals surface area (Å²) >= 11 is 0. The lowest BCUT2D eigenvalue weighted by atomic mass is 10.1. The van der Waals surface area contributed by atoms with Gasteiger partial charge in [0.25, 0.3) is 0 Å². The van der Waals surface area contributed by atoms with Crippen LogP contribution in [0.25, 0.3) is 0 Å². The normalized spacial score (nSPS) is 23.9. The van der Waals surface area contributed by atoms with E-state index in [4.69, 9.17) is 10.00 Å². The number of hydrogen-bond acceptors (Lipinski definition) is 5. The monoisotopic (exact) mass is 248 g/mol. The average Bonchev–Trinajstić information content (AvgIpc) is 2.68. The van der Waals surface area contributed by atoms with Gasteiger partial charge in [-0.1, -0.05) is 0 Å². The minimum Gasteiger partial charge on any atom is -0.496 e. The van der Waals surface area contributed by atoms with Gasteiger partial charge in [-0.2, -0.15) is 5.26 Å². The molecule has 0 amide bonds. The van der Waals surface area contributed by atoms with Crippen molar-refractivity contribution >= 4 is 0 Å². The summed E-state index contributed by atoms with van der Waals surface area (Å²) < 4.78 is 5.25. The van der Waals surface area contributed by atoms with Crippen molar-refractivity contribution < 1.29 is 14.9 Å². The van der Waals surface area contributed by atoms with Crippen LogP contribution in [0.5, 0.6) is 5.75 Å². The molecule has 0 radical (unpaired) electrons. The van der Waals surface area contributed by atoms with Gasteiger partial charge >= 0.3 is 0 Å². The van der Waals surface area contributed by atoms with E-state index in [2.05, 4.69) is 6.07 Å². The summed E-state index contributed by atoms with van der Waals surface area (Å²) in [7, 11) is 1.58. The molecular formula is C13H16N2O3. The van der Waals surface area contributed by atoms with E-state index in [1.54, 1.807) is 25.3 Å². The predicted molar refractivity (Wildman–Crippen MR) is 65.0 cm³/mol. The van der Waals surface area contributed by atoms with Crippen LogP contribution in [0.15, 0.2) is 18.2 Å². The fraction of sp³-hybridized carbons (Fsp3) is 0.462. The first-order chi connectivity index (χ1) is 8.63. The molecule has 0 spiro atoms. The van der Waals surface area contributed by atoms with E-state index < -0.39 is 12.2 Å². The van der Waals surface area contributed by atoms with Crippen LogP contribution >= 0.6 is 0 Å². The number of ether oxygens (including phenoxy) is 1. The number of aliphatic hydroxyl groups excluding tert-OH is 2. The van der Waals surface area contributed by atoms with E-state index in [0.29, 0.717) is 30.9 Å². The first kappa shape index (κ1) is 12.8.